The van der Waals surface area contributed by atoms with Crippen molar-refractivity contribution in [1.29, 1.82) is 0 Å². The van der Waals surface area contributed by atoms with E-state index in [1.54, 1.807) is 6.07 Å². The summed E-state index contributed by atoms with van der Waals surface area (Å²) in [6.07, 6.45) is 2.17. The highest BCUT2D eigenvalue weighted by atomic mass is 32.2. The van der Waals surface area contributed by atoms with Crippen molar-refractivity contribution in [3.05, 3.63) is 15.8 Å². The molecule has 1 aromatic heterocycles. The third-order valence-corrected chi connectivity index (χ3v) is 6.28. The van der Waals surface area contributed by atoms with E-state index in [0.717, 1.165) is 35.7 Å². The Balaban J connectivity index is 2.07. The second-order valence-electron chi connectivity index (χ2n) is 5.69. The zero-order valence-electron chi connectivity index (χ0n) is 11.7. The van der Waals surface area contributed by atoms with Crippen LogP contribution in [0.1, 0.15) is 29.5 Å². The molecule has 4 nitrogen and oxygen atoms in total. The van der Waals surface area contributed by atoms with Gasteiger partial charge in [-0.15, -0.1) is 11.3 Å². The average molecular weight is 302 g/mol. The van der Waals surface area contributed by atoms with Crippen molar-refractivity contribution in [2.75, 3.05) is 19.6 Å². The lowest BCUT2D eigenvalue weighted by atomic mass is 9.83. The number of sulfonamides is 1. The lowest BCUT2D eigenvalue weighted by molar-refractivity contribution is 0.238. The van der Waals surface area contributed by atoms with Crippen LogP contribution in [0.25, 0.3) is 0 Å². The molecule has 0 aromatic carbocycles. The normalized spacial score (nSPS) is 24.6. The Kier molecular flexibility index (Phi) is 4.35. The zero-order chi connectivity index (χ0) is 14.1. The summed E-state index contributed by atoms with van der Waals surface area (Å²) in [7, 11) is -3.37. The summed E-state index contributed by atoms with van der Waals surface area (Å²) in [5, 5.41) is 3.33. The third kappa shape index (κ3) is 3.56. The van der Waals surface area contributed by atoms with E-state index in [1.807, 2.05) is 13.8 Å². The van der Waals surface area contributed by atoms with Crippen LogP contribution in [0.5, 0.6) is 0 Å². The molecule has 1 fully saturated rings. The largest absolute Gasteiger partial charge is 0.316 e. The number of aryl methyl sites for hydroxylation is 2. The summed E-state index contributed by atoms with van der Waals surface area (Å²) in [4.78, 5) is 2.32. The number of nitrogens with one attached hydrogen (secondary N) is 2. The minimum atomic E-state index is -3.37. The first-order valence-corrected chi connectivity index (χ1v) is 8.90. The second-order valence-corrected chi connectivity index (χ2v) is 8.89. The molecule has 2 N–H and O–H groups in total. The van der Waals surface area contributed by atoms with E-state index in [9.17, 15) is 8.42 Å². The molecule has 1 aliphatic heterocycles. The van der Waals surface area contributed by atoms with Gasteiger partial charge in [0, 0.05) is 22.8 Å². The van der Waals surface area contributed by atoms with Gasteiger partial charge in [-0.2, -0.15) is 0 Å². The Morgan fingerprint density at radius 3 is 2.74 bits per heavy atom. The van der Waals surface area contributed by atoms with Crippen molar-refractivity contribution < 1.29 is 8.42 Å². The molecule has 1 saturated heterocycles. The minimum Gasteiger partial charge on any atom is -0.316 e. The van der Waals surface area contributed by atoms with Crippen LogP contribution >= 0.6 is 11.3 Å². The molecule has 0 saturated carbocycles. The lowest BCUT2D eigenvalue weighted by Crippen LogP contribution is -2.45. The number of thiophene rings is 1. The first kappa shape index (κ1) is 15.0. The van der Waals surface area contributed by atoms with Crippen molar-refractivity contribution in [1.82, 2.24) is 10.0 Å². The molecule has 1 aromatic rings. The zero-order valence-corrected chi connectivity index (χ0v) is 13.4. The molecular formula is C13H22N2O2S2. The summed E-state index contributed by atoms with van der Waals surface area (Å²) in [6.45, 7) is 8.32. The topological polar surface area (TPSA) is 58.2 Å². The molecule has 108 valence electrons. The van der Waals surface area contributed by atoms with E-state index in [0.29, 0.717) is 11.4 Å². The first-order chi connectivity index (χ1) is 8.82. The van der Waals surface area contributed by atoms with Gasteiger partial charge in [0.05, 0.1) is 4.90 Å². The summed E-state index contributed by atoms with van der Waals surface area (Å²) in [5.41, 5.74) is 0.0181. The van der Waals surface area contributed by atoms with Crippen LogP contribution in [0, 0.1) is 19.3 Å². The molecule has 19 heavy (non-hydrogen) atoms. The first-order valence-electron chi connectivity index (χ1n) is 6.60. The smallest absolute Gasteiger partial charge is 0.241 e. The molecule has 1 aliphatic rings. The van der Waals surface area contributed by atoms with Crippen molar-refractivity contribution in [3.8, 4) is 0 Å². The van der Waals surface area contributed by atoms with Crippen LogP contribution in [0.4, 0.5) is 0 Å². The molecule has 1 unspecified atom stereocenters. The van der Waals surface area contributed by atoms with Crippen LogP contribution < -0.4 is 10.0 Å². The predicted molar refractivity (Wildman–Crippen MR) is 79.2 cm³/mol. The predicted octanol–water partition coefficient (Wildman–Crippen LogP) is 2.03. The number of piperidine rings is 1. The van der Waals surface area contributed by atoms with Crippen molar-refractivity contribution in [3.63, 3.8) is 0 Å². The Morgan fingerprint density at radius 2 is 2.21 bits per heavy atom. The Bertz CT molecular complexity index is 543. The lowest BCUT2D eigenvalue weighted by Gasteiger charge is -2.34. The molecule has 2 rings (SSSR count). The summed E-state index contributed by atoms with van der Waals surface area (Å²) in [5.74, 6) is 0. The number of hydrogen-bond acceptors (Lipinski definition) is 4. The fourth-order valence-electron chi connectivity index (χ4n) is 2.49. The second kappa shape index (κ2) is 5.52. The summed E-state index contributed by atoms with van der Waals surface area (Å²) < 4.78 is 27.4. The maximum Gasteiger partial charge on any atom is 0.241 e. The Morgan fingerprint density at radius 1 is 1.47 bits per heavy atom. The van der Waals surface area contributed by atoms with Gasteiger partial charge in [0.15, 0.2) is 0 Å². The van der Waals surface area contributed by atoms with E-state index in [1.165, 1.54) is 11.3 Å². The van der Waals surface area contributed by atoms with Gasteiger partial charge in [0.1, 0.15) is 0 Å². The third-order valence-electron chi connectivity index (χ3n) is 3.66. The van der Waals surface area contributed by atoms with Crippen LogP contribution in [0.2, 0.25) is 0 Å². The van der Waals surface area contributed by atoms with E-state index >= 15 is 0 Å². The van der Waals surface area contributed by atoms with Gasteiger partial charge in [0.2, 0.25) is 10.0 Å². The fraction of sp³-hybridized carbons (Fsp3) is 0.692. The van der Waals surface area contributed by atoms with Crippen LogP contribution in [-0.4, -0.2) is 28.1 Å². The van der Waals surface area contributed by atoms with Gasteiger partial charge in [0.25, 0.3) is 0 Å². The minimum absolute atomic E-state index is 0.0181. The monoisotopic (exact) mass is 302 g/mol. The maximum absolute atomic E-state index is 12.3. The quantitative estimate of drug-likeness (QED) is 0.895. The van der Waals surface area contributed by atoms with E-state index in [-0.39, 0.29) is 5.41 Å². The summed E-state index contributed by atoms with van der Waals surface area (Å²) in [6, 6.07) is 1.75. The molecule has 0 aliphatic carbocycles. The maximum atomic E-state index is 12.3. The molecule has 1 atom stereocenters. The van der Waals surface area contributed by atoms with Crippen LogP contribution in [0.3, 0.4) is 0 Å². The Labute approximate surface area is 119 Å². The standard InChI is InChI=1S/C13H22N2O2S2/c1-10-7-12(11(2)18-10)19(16,17)15-9-13(3)5-4-6-14-8-13/h7,14-15H,4-6,8-9H2,1-3H3. The van der Waals surface area contributed by atoms with Crippen molar-refractivity contribution in [2.45, 2.75) is 38.5 Å². The van der Waals surface area contributed by atoms with E-state index in [4.69, 9.17) is 0 Å². The van der Waals surface area contributed by atoms with Gasteiger partial charge in [-0.25, -0.2) is 13.1 Å². The summed E-state index contributed by atoms with van der Waals surface area (Å²) >= 11 is 1.53. The molecule has 0 spiro atoms. The van der Waals surface area contributed by atoms with Gasteiger partial charge < -0.3 is 5.32 Å². The highest BCUT2D eigenvalue weighted by molar-refractivity contribution is 7.89. The van der Waals surface area contributed by atoms with Crippen molar-refractivity contribution in [2.24, 2.45) is 5.41 Å². The molecule has 6 heteroatoms. The SMILES string of the molecule is Cc1cc(S(=O)(=O)NCC2(C)CCCNC2)c(C)s1. The van der Waals surface area contributed by atoms with E-state index in [2.05, 4.69) is 17.0 Å². The van der Waals surface area contributed by atoms with Gasteiger partial charge in [-0.3, -0.25) is 0 Å². The Hall–Kier alpha value is -0.430. The molecule has 0 amide bonds. The fourth-order valence-corrected chi connectivity index (χ4v) is 5.24. The van der Waals surface area contributed by atoms with E-state index < -0.39 is 10.0 Å². The van der Waals surface area contributed by atoms with Crippen LogP contribution in [0.15, 0.2) is 11.0 Å². The van der Waals surface area contributed by atoms with Gasteiger partial charge in [-0.1, -0.05) is 6.92 Å². The highest BCUT2D eigenvalue weighted by Crippen LogP contribution is 2.27. The highest BCUT2D eigenvalue weighted by Gasteiger charge is 2.29. The van der Waals surface area contributed by atoms with Crippen molar-refractivity contribution >= 4 is 21.4 Å². The average Bonchev–Trinajstić information content (AvgIpc) is 2.68. The van der Waals surface area contributed by atoms with Gasteiger partial charge >= 0.3 is 0 Å². The number of rotatable bonds is 4. The molecule has 2 heterocycles. The molecule has 0 radical (unpaired) electrons. The van der Waals surface area contributed by atoms with Gasteiger partial charge in [-0.05, 0) is 44.7 Å². The van der Waals surface area contributed by atoms with Crippen LogP contribution in [-0.2, 0) is 10.0 Å². The number of hydrogen-bond donors (Lipinski definition) is 2. The molecule has 0 bridgehead atoms. The molecular weight excluding hydrogens is 280 g/mol.